The summed E-state index contributed by atoms with van der Waals surface area (Å²) in [4.78, 5) is 0. The van der Waals surface area contributed by atoms with Gasteiger partial charge in [-0.15, -0.1) is 0 Å². The third kappa shape index (κ3) is 3.83. The second kappa shape index (κ2) is 7.68. The molecule has 27 heavy (non-hydrogen) atoms. The molecule has 1 aliphatic heterocycles. The highest BCUT2D eigenvalue weighted by Gasteiger charge is 2.42. The Morgan fingerprint density at radius 3 is 2.48 bits per heavy atom. The molecule has 6 heteroatoms. The zero-order valence-corrected chi connectivity index (χ0v) is 16.4. The molecule has 0 spiro atoms. The fourth-order valence-corrected chi connectivity index (χ4v) is 4.71. The van der Waals surface area contributed by atoms with E-state index in [1.807, 2.05) is 61.5 Å². The Labute approximate surface area is 161 Å². The first-order valence-corrected chi connectivity index (χ1v) is 10.6. The van der Waals surface area contributed by atoms with E-state index in [4.69, 9.17) is 10.5 Å². The first-order valence-electron chi connectivity index (χ1n) is 8.94. The molecule has 0 aliphatic carbocycles. The maximum atomic E-state index is 13.1. The first-order chi connectivity index (χ1) is 12.9. The Bertz CT molecular complexity index is 996. The van der Waals surface area contributed by atoms with Crippen LogP contribution in [0.4, 0.5) is 5.69 Å². The summed E-state index contributed by atoms with van der Waals surface area (Å²) in [6, 6.07) is 15.0. The molecule has 0 aromatic heterocycles. The zero-order chi connectivity index (χ0) is 19.5. The Balaban J connectivity index is 2.07. The summed E-state index contributed by atoms with van der Waals surface area (Å²) in [5, 5.41) is 0. The van der Waals surface area contributed by atoms with Gasteiger partial charge < -0.3 is 10.5 Å². The van der Waals surface area contributed by atoms with Gasteiger partial charge in [-0.3, -0.25) is 0 Å². The zero-order valence-electron chi connectivity index (χ0n) is 15.6. The normalized spacial score (nSPS) is 19.6. The van der Waals surface area contributed by atoms with Crippen molar-refractivity contribution in [2.24, 2.45) is 5.73 Å². The van der Waals surface area contributed by atoms with E-state index in [-0.39, 0.29) is 16.2 Å². The molecule has 0 saturated heterocycles. The highest BCUT2D eigenvalue weighted by Crippen LogP contribution is 2.35. The summed E-state index contributed by atoms with van der Waals surface area (Å²) in [7, 11) is -3.48. The van der Waals surface area contributed by atoms with Gasteiger partial charge in [-0.05, 0) is 43.7 Å². The fourth-order valence-electron chi connectivity index (χ4n) is 3.21. The smallest absolute Gasteiger partial charge is 0.306 e. The molecular weight excluding hydrogens is 360 g/mol. The monoisotopic (exact) mass is 385 g/mol. The minimum absolute atomic E-state index is 0.0259. The molecule has 2 aromatic carbocycles. The molecule has 0 amide bonds. The van der Waals surface area contributed by atoms with Crippen molar-refractivity contribution in [3.05, 3.63) is 78.0 Å². The predicted molar refractivity (Wildman–Crippen MR) is 110 cm³/mol. The van der Waals surface area contributed by atoms with Crippen molar-refractivity contribution in [2.75, 3.05) is 18.8 Å². The van der Waals surface area contributed by atoms with Crippen LogP contribution < -0.4 is 14.4 Å². The molecule has 2 aromatic rings. The fraction of sp³-hybridized carbons (Fsp3) is 0.238. The van der Waals surface area contributed by atoms with E-state index < -0.39 is 10.0 Å². The maximum absolute atomic E-state index is 13.1. The Kier molecular flexibility index (Phi) is 5.51. The Morgan fingerprint density at radius 1 is 1.11 bits per heavy atom. The van der Waals surface area contributed by atoms with Crippen LogP contribution in [-0.4, -0.2) is 27.3 Å². The summed E-state index contributed by atoms with van der Waals surface area (Å²) >= 11 is 0. The first kappa shape index (κ1) is 19.4. The molecule has 1 unspecified atom stereocenters. The third-order valence-corrected chi connectivity index (χ3v) is 6.85. The van der Waals surface area contributed by atoms with Crippen molar-refractivity contribution in [1.29, 1.82) is 0 Å². The van der Waals surface area contributed by atoms with E-state index in [1.54, 1.807) is 19.2 Å². The van der Waals surface area contributed by atoms with Gasteiger partial charge in [0.2, 0.25) is 0 Å². The molecule has 0 bridgehead atoms. The number of hydrogen-bond donors (Lipinski definition) is 1. The lowest BCUT2D eigenvalue weighted by Gasteiger charge is -2.34. The predicted octanol–water partition coefficient (Wildman–Crippen LogP) is 3.86. The van der Waals surface area contributed by atoms with Crippen LogP contribution in [0.3, 0.4) is 0 Å². The van der Waals surface area contributed by atoms with Gasteiger partial charge in [0.05, 0.1) is 5.75 Å². The van der Waals surface area contributed by atoms with E-state index >= 15 is 0 Å². The van der Waals surface area contributed by atoms with Crippen molar-refractivity contribution in [1.82, 2.24) is 3.89 Å². The number of rotatable bonds is 6. The van der Waals surface area contributed by atoms with Crippen LogP contribution in [0.2, 0.25) is 0 Å². The number of nitrogens with two attached hydrogens (primary N) is 1. The highest BCUT2D eigenvalue weighted by atomic mass is 32.2. The average molecular weight is 386 g/mol. The molecule has 1 heterocycles. The average Bonchev–Trinajstić information content (AvgIpc) is 2.68. The largest absolute Gasteiger partial charge is 0.457 e. The number of hydrogen-bond acceptors (Lipinski definition) is 4. The summed E-state index contributed by atoms with van der Waals surface area (Å²) in [6.07, 6.45) is 5.49. The number of benzene rings is 2. The second-order valence-corrected chi connectivity index (χ2v) is 8.97. The SMILES string of the molecule is CCS(=O)(=O)[N+]1(c2cccc(Oc3cccc(C)c3)c2)C=C(CN)C=CC1. The topological polar surface area (TPSA) is 69.4 Å². The van der Waals surface area contributed by atoms with Crippen molar-refractivity contribution in [3.63, 3.8) is 0 Å². The van der Waals surface area contributed by atoms with E-state index in [9.17, 15) is 8.42 Å². The maximum Gasteiger partial charge on any atom is 0.306 e. The molecule has 5 nitrogen and oxygen atoms in total. The van der Waals surface area contributed by atoms with Gasteiger partial charge >= 0.3 is 10.0 Å². The molecule has 0 saturated carbocycles. The molecular formula is C21H25N2O3S+. The van der Waals surface area contributed by atoms with Crippen molar-refractivity contribution >= 4 is 15.7 Å². The van der Waals surface area contributed by atoms with Gasteiger partial charge in [0, 0.05) is 24.3 Å². The molecule has 2 N–H and O–H groups in total. The minimum atomic E-state index is -3.48. The third-order valence-electron chi connectivity index (χ3n) is 4.66. The molecule has 0 fully saturated rings. The van der Waals surface area contributed by atoms with E-state index in [2.05, 4.69) is 0 Å². The van der Waals surface area contributed by atoms with E-state index in [0.717, 1.165) is 11.1 Å². The van der Waals surface area contributed by atoms with Gasteiger partial charge in [0.15, 0.2) is 5.69 Å². The van der Waals surface area contributed by atoms with Crippen molar-refractivity contribution in [2.45, 2.75) is 13.8 Å². The van der Waals surface area contributed by atoms with Crippen LogP contribution >= 0.6 is 0 Å². The number of sulfonamides is 1. The lowest BCUT2D eigenvalue weighted by atomic mass is 10.2. The standard InChI is InChI=1S/C21H25N2O3S/c1-3-27(24,25)23(12-6-8-18(15-22)16-23)19-9-5-11-21(14-19)26-20-10-4-7-17(2)13-20/h4-11,13-14,16H,3,12,15,22H2,1-2H3/q+1. The molecule has 0 radical (unpaired) electrons. The minimum Gasteiger partial charge on any atom is -0.457 e. The number of ether oxygens (including phenoxy) is 1. The van der Waals surface area contributed by atoms with Crippen LogP contribution in [0.5, 0.6) is 11.5 Å². The number of aryl methyl sites for hydroxylation is 1. The van der Waals surface area contributed by atoms with E-state index in [0.29, 0.717) is 23.7 Å². The summed E-state index contributed by atoms with van der Waals surface area (Å²) in [6.45, 7) is 4.27. The van der Waals surface area contributed by atoms with Crippen LogP contribution in [-0.2, 0) is 10.0 Å². The number of nitrogens with zero attached hydrogens (tertiary/aromatic N) is 1. The Hall–Kier alpha value is -2.41. The molecule has 1 atom stereocenters. The van der Waals surface area contributed by atoms with E-state index in [1.165, 1.54) is 0 Å². The lowest BCUT2D eigenvalue weighted by molar-refractivity contribution is 0.478. The van der Waals surface area contributed by atoms with Crippen LogP contribution in [0, 0.1) is 6.92 Å². The summed E-state index contributed by atoms with van der Waals surface area (Å²) < 4.78 is 31.8. The van der Waals surface area contributed by atoms with Gasteiger partial charge in [-0.1, -0.05) is 24.3 Å². The Morgan fingerprint density at radius 2 is 1.81 bits per heavy atom. The van der Waals surface area contributed by atoms with Gasteiger partial charge in [-0.25, -0.2) is 0 Å². The van der Waals surface area contributed by atoms with Crippen LogP contribution in [0.25, 0.3) is 0 Å². The van der Waals surface area contributed by atoms with Crippen molar-refractivity contribution < 1.29 is 13.2 Å². The van der Waals surface area contributed by atoms with Crippen molar-refractivity contribution in [3.8, 4) is 11.5 Å². The van der Waals surface area contributed by atoms with Crippen LogP contribution in [0.1, 0.15) is 12.5 Å². The molecule has 1 aliphatic rings. The quantitative estimate of drug-likeness (QED) is 0.767. The van der Waals surface area contributed by atoms with Crippen LogP contribution in [0.15, 0.2) is 72.5 Å². The van der Waals surface area contributed by atoms with Gasteiger partial charge in [0.25, 0.3) is 0 Å². The second-order valence-electron chi connectivity index (χ2n) is 6.58. The highest BCUT2D eigenvalue weighted by molar-refractivity contribution is 7.91. The molecule has 3 rings (SSSR count). The van der Waals surface area contributed by atoms with Gasteiger partial charge in [-0.2, -0.15) is 12.3 Å². The molecule has 142 valence electrons. The number of quaternary nitrogens is 1. The van der Waals surface area contributed by atoms with Gasteiger partial charge in [0.1, 0.15) is 24.2 Å². The summed E-state index contributed by atoms with van der Waals surface area (Å²) in [5.74, 6) is 1.34. The lowest BCUT2D eigenvalue weighted by Crippen LogP contribution is -2.51. The summed E-state index contributed by atoms with van der Waals surface area (Å²) in [5.41, 5.74) is 8.31.